The van der Waals surface area contributed by atoms with Crippen LogP contribution in [0.25, 0.3) is 0 Å². The van der Waals surface area contributed by atoms with Crippen molar-refractivity contribution >= 4 is 5.96 Å². The molecule has 134 valence electrons. The van der Waals surface area contributed by atoms with Crippen LogP contribution in [0.15, 0.2) is 4.99 Å². The highest BCUT2D eigenvalue weighted by Gasteiger charge is 2.21. The maximum atomic E-state index is 5.42. The molecular formula is C17H35N5O. The number of guanidine groups is 1. The number of aliphatic imine (C=N–C) groups is 1. The third kappa shape index (κ3) is 6.28. The molecule has 0 aromatic carbocycles. The minimum Gasteiger partial charge on any atom is -0.379 e. The second-order valence-electron chi connectivity index (χ2n) is 6.65. The Hall–Kier alpha value is -0.850. The monoisotopic (exact) mass is 325 g/mol. The summed E-state index contributed by atoms with van der Waals surface area (Å²) in [6.07, 6.45) is 1.30. The molecule has 2 fully saturated rings. The number of nitrogens with one attached hydrogen (secondary N) is 2. The molecular weight excluding hydrogens is 290 g/mol. The van der Waals surface area contributed by atoms with E-state index in [9.17, 15) is 0 Å². The molecule has 2 N–H and O–H groups in total. The molecule has 2 aliphatic rings. The highest BCUT2D eigenvalue weighted by atomic mass is 16.5. The zero-order valence-electron chi connectivity index (χ0n) is 15.2. The molecule has 0 radical (unpaired) electrons. The van der Waals surface area contributed by atoms with Crippen LogP contribution in [0, 0.1) is 5.92 Å². The summed E-state index contributed by atoms with van der Waals surface area (Å²) in [6.45, 7) is 16.8. The molecule has 6 heteroatoms. The lowest BCUT2D eigenvalue weighted by atomic mass is 10.1. The van der Waals surface area contributed by atoms with Crippen molar-refractivity contribution in [3.05, 3.63) is 0 Å². The van der Waals surface area contributed by atoms with Gasteiger partial charge in [-0.1, -0.05) is 6.92 Å². The van der Waals surface area contributed by atoms with Crippen LogP contribution in [0.2, 0.25) is 0 Å². The lowest BCUT2D eigenvalue weighted by Crippen LogP contribution is -2.45. The van der Waals surface area contributed by atoms with E-state index in [1.165, 1.54) is 26.1 Å². The smallest absolute Gasteiger partial charge is 0.191 e. The second-order valence-corrected chi connectivity index (χ2v) is 6.65. The third-order valence-electron chi connectivity index (χ3n) is 4.90. The molecule has 0 bridgehead atoms. The van der Waals surface area contributed by atoms with Gasteiger partial charge in [0, 0.05) is 38.8 Å². The van der Waals surface area contributed by atoms with E-state index in [1.54, 1.807) is 0 Å². The SMILES string of the molecule is CCNC(=NCC(C)N1CCOCC1)NCC1CCN(CC)C1. The first-order valence-electron chi connectivity index (χ1n) is 9.29. The topological polar surface area (TPSA) is 52.1 Å². The fraction of sp³-hybridized carbons (Fsp3) is 0.941. The van der Waals surface area contributed by atoms with E-state index in [0.717, 1.165) is 57.8 Å². The van der Waals surface area contributed by atoms with Crippen molar-refractivity contribution in [2.75, 3.05) is 65.6 Å². The molecule has 0 aliphatic carbocycles. The fourth-order valence-corrected chi connectivity index (χ4v) is 3.31. The molecule has 0 spiro atoms. The average Bonchev–Trinajstić information content (AvgIpc) is 3.06. The summed E-state index contributed by atoms with van der Waals surface area (Å²) in [4.78, 5) is 9.78. The number of hydrogen-bond donors (Lipinski definition) is 2. The minimum absolute atomic E-state index is 0.469. The van der Waals surface area contributed by atoms with Crippen LogP contribution in [0.1, 0.15) is 27.2 Å². The Labute approximate surface area is 141 Å². The Morgan fingerprint density at radius 2 is 2.00 bits per heavy atom. The summed E-state index contributed by atoms with van der Waals surface area (Å²) in [5.74, 6) is 1.71. The van der Waals surface area contributed by atoms with E-state index < -0.39 is 0 Å². The Morgan fingerprint density at radius 1 is 1.22 bits per heavy atom. The van der Waals surface area contributed by atoms with Crippen molar-refractivity contribution in [3.63, 3.8) is 0 Å². The third-order valence-corrected chi connectivity index (χ3v) is 4.90. The van der Waals surface area contributed by atoms with Gasteiger partial charge in [-0.3, -0.25) is 9.89 Å². The van der Waals surface area contributed by atoms with E-state index in [2.05, 4.69) is 41.2 Å². The molecule has 2 unspecified atom stereocenters. The molecule has 23 heavy (non-hydrogen) atoms. The van der Waals surface area contributed by atoms with Gasteiger partial charge in [0.15, 0.2) is 5.96 Å². The van der Waals surface area contributed by atoms with Gasteiger partial charge in [-0.15, -0.1) is 0 Å². The highest BCUT2D eigenvalue weighted by Crippen LogP contribution is 2.14. The van der Waals surface area contributed by atoms with Crippen molar-refractivity contribution in [3.8, 4) is 0 Å². The Balaban J connectivity index is 1.75. The van der Waals surface area contributed by atoms with Gasteiger partial charge in [0.2, 0.25) is 0 Å². The lowest BCUT2D eigenvalue weighted by Gasteiger charge is -2.31. The van der Waals surface area contributed by atoms with E-state index in [-0.39, 0.29) is 0 Å². The number of morpholine rings is 1. The first-order chi connectivity index (χ1) is 11.2. The zero-order chi connectivity index (χ0) is 16.5. The summed E-state index contributed by atoms with van der Waals surface area (Å²) >= 11 is 0. The van der Waals surface area contributed by atoms with Gasteiger partial charge in [0.25, 0.3) is 0 Å². The minimum atomic E-state index is 0.469. The van der Waals surface area contributed by atoms with Gasteiger partial charge in [0.05, 0.1) is 19.8 Å². The Kier molecular flexibility index (Phi) is 8.12. The summed E-state index contributed by atoms with van der Waals surface area (Å²) < 4.78 is 5.42. The van der Waals surface area contributed by atoms with Crippen LogP contribution in [0.3, 0.4) is 0 Å². The predicted octanol–water partition coefficient (Wildman–Crippen LogP) is 0.604. The van der Waals surface area contributed by atoms with Crippen LogP contribution in [-0.4, -0.2) is 87.4 Å². The van der Waals surface area contributed by atoms with Crippen LogP contribution in [0.4, 0.5) is 0 Å². The molecule has 2 heterocycles. The molecule has 6 nitrogen and oxygen atoms in total. The molecule has 0 aromatic rings. The summed E-state index contributed by atoms with van der Waals surface area (Å²) in [5, 5.41) is 6.91. The number of rotatable bonds is 7. The predicted molar refractivity (Wildman–Crippen MR) is 96.1 cm³/mol. The lowest BCUT2D eigenvalue weighted by molar-refractivity contribution is 0.0220. The maximum Gasteiger partial charge on any atom is 0.191 e. The van der Waals surface area contributed by atoms with Crippen LogP contribution < -0.4 is 10.6 Å². The van der Waals surface area contributed by atoms with Gasteiger partial charge in [-0.2, -0.15) is 0 Å². The number of ether oxygens (including phenoxy) is 1. The van der Waals surface area contributed by atoms with Crippen molar-refractivity contribution < 1.29 is 4.74 Å². The van der Waals surface area contributed by atoms with Crippen molar-refractivity contribution in [1.29, 1.82) is 0 Å². The average molecular weight is 326 g/mol. The molecule has 2 atom stereocenters. The molecule has 2 rings (SSSR count). The van der Waals surface area contributed by atoms with Crippen LogP contribution >= 0.6 is 0 Å². The molecule has 2 aliphatic heterocycles. The number of nitrogens with zero attached hydrogens (tertiary/aromatic N) is 3. The zero-order valence-corrected chi connectivity index (χ0v) is 15.2. The summed E-state index contributed by atoms with van der Waals surface area (Å²) in [7, 11) is 0. The molecule has 2 saturated heterocycles. The second kappa shape index (κ2) is 10.1. The van der Waals surface area contributed by atoms with E-state index in [0.29, 0.717) is 6.04 Å². The fourth-order valence-electron chi connectivity index (χ4n) is 3.31. The quantitative estimate of drug-likeness (QED) is 0.530. The van der Waals surface area contributed by atoms with Crippen molar-refractivity contribution in [2.24, 2.45) is 10.9 Å². The van der Waals surface area contributed by atoms with Crippen LogP contribution in [0.5, 0.6) is 0 Å². The summed E-state index contributed by atoms with van der Waals surface area (Å²) in [5.41, 5.74) is 0. The van der Waals surface area contributed by atoms with Crippen molar-refractivity contribution in [2.45, 2.75) is 33.2 Å². The standard InChI is InChI=1S/C17H35N5O/c1-4-18-17(20-13-16-6-7-21(5-2)14-16)19-12-15(3)22-8-10-23-11-9-22/h15-16H,4-14H2,1-3H3,(H2,18,19,20). The molecule has 0 amide bonds. The molecule has 0 saturated carbocycles. The van der Waals surface area contributed by atoms with E-state index in [1.807, 2.05) is 0 Å². The van der Waals surface area contributed by atoms with E-state index >= 15 is 0 Å². The summed E-state index contributed by atoms with van der Waals surface area (Å²) in [6, 6.07) is 0.469. The number of likely N-dealkylation sites (tertiary alicyclic amines) is 1. The van der Waals surface area contributed by atoms with Crippen LogP contribution in [-0.2, 0) is 4.74 Å². The first-order valence-corrected chi connectivity index (χ1v) is 9.29. The highest BCUT2D eigenvalue weighted by molar-refractivity contribution is 5.79. The van der Waals surface area contributed by atoms with Crippen molar-refractivity contribution in [1.82, 2.24) is 20.4 Å². The Morgan fingerprint density at radius 3 is 2.65 bits per heavy atom. The van der Waals surface area contributed by atoms with E-state index in [4.69, 9.17) is 9.73 Å². The van der Waals surface area contributed by atoms with Gasteiger partial charge in [0.1, 0.15) is 0 Å². The van der Waals surface area contributed by atoms with Gasteiger partial charge in [-0.25, -0.2) is 0 Å². The number of hydrogen-bond acceptors (Lipinski definition) is 4. The largest absolute Gasteiger partial charge is 0.379 e. The van der Waals surface area contributed by atoms with Gasteiger partial charge < -0.3 is 20.3 Å². The normalized spacial score (nSPS) is 25.5. The van der Waals surface area contributed by atoms with Gasteiger partial charge >= 0.3 is 0 Å². The Bertz CT molecular complexity index is 357. The molecule has 0 aromatic heterocycles. The first kappa shape index (κ1) is 18.5. The van der Waals surface area contributed by atoms with Gasteiger partial charge in [-0.05, 0) is 39.3 Å². The maximum absolute atomic E-state index is 5.42.